The standard InChI is InChI=1S/C29H38N2O/c1-5-27(26-14-8-18-31-20-26)28(21-30-3)23-11-7-13-25(17-16-23)29-22(2)10-6-12-24(29)15-9-19-32-4/h6-8,10,12-14,16-18,20,27-28,30H,5,9,11,15,19,21H2,1-4H3/t27-,28-/m1/s1. The second-order valence-electron chi connectivity index (χ2n) is 8.64. The minimum Gasteiger partial charge on any atom is -0.385 e. The van der Waals surface area contributed by atoms with Crippen LogP contribution in [0.25, 0.3) is 5.57 Å². The van der Waals surface area contributed by atoms with E-state index in [1.54, 1.807) is 7.11 Å². The van der Waals surface area contributed by atoms with Crippen LogP contribution < -0.4 is 5.32 Å². The number of nitrogens with zero attached hydrogens (tertiary/aromatic N) is 1. The van der Waals surface area contributed by atoms with Crippen molar-refractivity contribution in [2.75, 3.05) is 27.3 Å². The van der Waals surface area contributed by atoms with Gasteiger partial charge in [-0.2, -0.15) is 0 Å². The maximum absolute atomic E-state index is 5.28. The quantitative estimate of drug-likeness (QED) is 0.427. The van der Waals surface area contributed by atoms with Crippen LogP contribution in [0.4, 0.5) is 0 Å². The summed E-state index contributed by atoms with van der Waals surface area (Å²) in [5.74, 6) is 0.890. The highest BCUT2D eigenvalue weighted by atomic mass is 16.5. The number of aryl methyl sites for hydroxylation is 2. The molecule has 0 spiro atoms. The van der Waals surface area contributed by atoms with E-state index in [9.17, 15) is 0 Å². The van der Waals surface area contributed by atoms with Crippen LogP contribution in [0.1, 0.15) is 54.4 Å². The number of aromatic nitrogens is 1. The zero-order valence-corrected chi connectivity index (χ0v) is 20.1. The van der Waals surface area contributed by atoms with Crippen molar-refractivity contribution in [1.29, 1.82) is 0 Å². The molecule has 0 saturated carbocycles. The molecule has 1 aromatic carbocycles. The summed E-state index contributed by atoms with van der Waals surface area (Å²) in [5, 5.41) is 3.44. The summed E-state index contributed by atoms with van der Waals surface area (Å²) in [7, 11) is 3.83. The molecule has 1 aliphatic carbocycles. The van der Waals surface area contributed by atoms with Crippen molar-refractivity contribution in [3.63, 3.8) is 0 Å². The number of rotatable bonds is 11. The molecule has 3 rings (SSSR count). The molecular weight excluding hydrogens is 392 g/mol. The lowest BCUT2D eigenvalue weighted by Gasteiger charge is -2.28. The molecule has 0 unspecified atom stereocenters. The van der Waals surface area contributed by atoms with Gasteiger partial charge in [0.05, 0.1) is 0 Å². The number of nitrogens with one attached hydrogen (secondary N) is 1. The highest BCUT2D eigenvalue weighted by Gasteiger charge is 2.25. The van der Waals surface area contributed by atoms with E-state index in [1.165, 1.54) is 33.4 Å². The largest absolute Gasteiger partial charge is 0.385 e. The molecule has 1 aromatic heterocycles. The van der Waals surface area contributed by atoms with E-state index in [2.05, 4.69) is 85.8 Å². The van der Waals surface area contributed by atoms with Gasteiger partial charge in [0.15, 0.2) is 0 Å². The Kier molecular flexibility index (Phi) is 9.45. The topological polar surface area (TPSA) is 34.2 Å². The Hall–Kier alpha value is -2.49. The first-order chi connectivity index (χ1) is 15.7. The van der Waals surface area contributed by atoms with Crippen molar-refractivity contribution in [3.05, 3.63) is 94.9 Å². The normalized spacial score (nSPS) is 15.6. The summed E-state index contributed by atoms with van der Waals surface area (Å²) >= 11 is 0. The molecule has 0 fully saturated rings. The highest BCUT2D eigenvalue weighted by Crippen LogP contribution is 2.36. The van der Waals surface area contributed by atoms with E-state index in [0.29, 0.717) is 11.8 Å². The number of allylic oxidation sites excluding steroid dienone is 5. The average Bonchev–Trinajstić information content (AvgIpc) is 3.06. The van der Waals surface area contributed by atoms with Gasteiger partial charge in [-0.05, 0) is 85.4 Å². The monoisotopic (exact) mass is 430 g/mol. The zero-order valence-electron chi connectivity index (χ0n) is 20.1. The van der Waals surface area contributed by atoms with Crippen LogP contribution >= 0.6 is 0 Å². The average molecular weight is 431 g/mol. The van der Waals surface area contributed by atoms with Crippen molar-refractivity contribution >= 4 is 5.57 Å². The van der Waals surface area contributed by atoms with Crippen molar-refractivity contribution in [2.24, 2.45) is 5.92 Å². The first-order valence-electron chi connectivity index (χ1n) is 11.9. The van der Waals surface area contributed by atoms with E-state index >= 15 is 0 Å². The Bertz CT molecular complexity index is 943. The van der Waals surface area contributed by atoms with Gasteiger partial charge < -0.3 is 10.1 Å². The molecule has 3 nitrogen and oxygen atoms in total. The van der Waals surface area contributed by atoms with Gasteiger partial charge in [0, 0.05) is 32.7 Å². The maximum atomic E-state index is 5.28. The molecule has 170 valence electrons. The molecule has 0 bridgehead atoms. The molecule has 0 saturated heterocycles. The molecule has 0 aliphatic heterocycles. The van der Waals surface area contributed by atoms with Crippen LogP contribution in [0.2, 0.25) is 0 Å². The van der Waals surface area contributed by atoms with E-state index in [0.717, 1.165) is 38.8 Å². The molecule has 0 amide bonds. The van der Waals surface area contributed by atoms with Crippen LogP contribution in [0.5, 0.6) is 0 Å². The van der Waals surface area contributed by atoms with Gasteiger partial charge in [-0.3, -0.25) is 4.98 Å². The van der Waals surface area contributed by atoms with Crippen LogP contribution in [-0.4, -0.2) is 32.3 Å². The molecule has 1 aliphatic rings. The SMILES string of the molecule is CC[C@H](c1cccnc1)[C@H](CNC)C1=CC=C(c2c(C)cccc2CCCOC)C=CC1. The van der Waals surface area contributed by atoms with Gasteiger partial charge in [-0.1, -0.05) is 61.1 Å². The number of hydrogen-bond donors (Lipinski definition) is 1. The minimum absolute atomic E-state index is 0.437. The first-order valence-corrected chi connectivity index (χ1v) is 11.9. The van der Waals surface area contributed by atoms with Gasteiger partial charge >= 0.3 is 0 Å². The van der Waals surface area contributed by atoms with Crippen LogP contribution in [0.3, 0.4) is 0 Å². The third kappa shape index (κ3) is 6.05. The van der Waals surface area contributed by atoms with Gasteiger partial charge in [0.1, 0.15) is 0 Å². The molecule has 0 radical (unpaired) electrons. The van der Waals surface area contributed by atoms with Gasteiger partial charge in [-0.15, -0.1) is 0 Å². The number of methoxy groups -OCH3 is 1. The van der Waals surface area contributed by atoms with Crippen LogP contribution in [-0.2, 0) is 11.2 Å². The predicted octanol–water partition coefficient (Wildman–Crippen LogP) is 6.27. The van der Waals surface area contributed by atoms with Crippen molar-refractivity contribution in [1.82, 2.24) is 10.3 Å². The smallest absolute Gasteiger partial charge is 0.0465 e. The molecular formula is C29H38N2O. The summed E-state index contributed by atoms with van der Waals surface area (Å²) in [6.45, 7) is 6.26. The third-order valence-electron chi connectivity index (χ3n) is 6.51. The number of pyridine rings is 1. The predicted molar refractivity (Wildman–Crippen MR) is 136 cm³/mol. The lowest BCUT2D eigenvalue weighted by atomic mass is 9.79. The molecule has 32 heavy (non-hydrogen) atoms. The van der Waals surface area contributed by atoms with E-state index in [1.807, 2.05) is 12.4 Å². The zero-order chi connectivity index (χ0) is 22.8. The van der Waals surface area contributed by atoms with E-state index in [4.69, 9.17) is 4.74 Å². The summed E-state index contributed by atoms with van der Waals surface area (Å²) in [6.07, 6.45) is 17.4. The van der Waals surface area contributed by atoms with Crippen molar-refractivity contribution in [3.8, 4) is 0 Å². The Morgan fingerprint density at radius 2 is 2.00 bits per heavy atom. The minimum atomic E-state index is 0.437. The van der Waals surface area contributed by atoms with E-state index in [-0.39, 0.29) is 0 Å². The lowest BCUT2D eigenvalue weighted by Crippen LogP contribution is -2.26. The Balaban J connectivity index is 1.94. The van der Waals surface area contributed by atoms with Crippen LogP contribution in [0, 0.1) is 12.8 Å². The second-order valence-corrected chi connectivity index (χ2v) is 8.64. The summed E-state index contributed by atoms with van der Waals surface area (Å²) in [5.41, 5.74) is 8.23. The molecule has 2 atom stereocenters. The highest BCUT2D eigenvalue weighted by molar-refractivity contribution is 5.79. The molecule has 2 aromatic rings. The lowest BCUT2D eigenvalue weighted by molar-refractivity contribution is 0.195. The Morgan fingerprint density at radius 1 is 1.12 bits per heavy atom. The third-order valence-corrected chi connectivity index (χ3v) is 6.51. The van der Waals surface area contributed by atoms with Crippen molar-refractivity contribution in [2.45, 2.75) is 45.4 Å². The number of hydrogen-bond acceptors (Lipinski definition) is 3. The van der Waals surface area contributed by atoms with Crippen molar-refractivity contribution < 1.29 is 4.74 Å². The summed E-state index contributed by atoms with van der Waals surface area (Å²) in [4.78, 5) is 4.39. The molecule has 1 N–H and O–H groups in total. The fourth-order valence-electron chi connectivity index (χ4n) is 4.94. The van der Waals surface area contributed by atoms with Crippen LogP contribution in [0.15, 0.2) is 72.6 Å². The number of ether oxygens (including phenoxy) is 1. The Morgan fingerprint density at radius 3 is 2.72 bits per heavy atom. The maximum Gasteiger partial charge on any atom is 0.0465 e. The molecule has 1 heterocycles. The molecule has 3 heteroatoms. The fourth-order valence-corrected chi connectivity index (χ4v) is 4.94. The van der Waals surface area contributed by atoms with Gasteiger partial charge in [0.2, 0.25) is 0 Å². The number of benzene rings is 1. The van der Waals surface area contributed by atoms with Gasteiger partial charge in [-0.25, -0.2) is 0 Å². The van der Waals surface area contributed by atoms with Gasteiger partial charge in [0.25, 0.3) is 0 Å². The Labute approximate surface area is 194 Å². The fraction of sp³-hybridized carbons (Fsp3) is 0.414. The summed E-state index contributed by atoms with van der Waals surface area (Å²) in [6, 6.07) is 10.9. The summed E-state index contributed by atoms with van der Waals surface area (Å²) < 4.78 is 5.28. The van der Waals surface area contributed by atoms with E-state index < -0.39 is 0 Å². The second kappa shape index (κ2) is 12.5. The first kappa shape index (κ1) is 24.2.